The van der Waals surface area contributed by atoms with Gasteiger partial charge in [-0.2, -0.15) is 4.98 Å². The maximum atomic E-state index is 13.0. The Balaban J connectivity index is 1.70. The minimum Gasteiger partial charge on any atom is -0.497 e. The van der Waals surface area contributed by atoms with Crippen molar-refractivity contribution in [2.24, 2.45) is 0 Å². The van der Waals surface area contributed by atoms with Crippen LogP contribution in [0.3, 0.4) is 0 Å². The topological polar surface area (TPSA) is 77.7 Å². The van der Waals surface area contributed by atoms with Crippen LogP contribution in [-0.2, 0) is 11.3 Å². The number of rotatable bonds is 8. The Morgan fingerprint density at radius 2 is 1.83 bits per heavy atom. The molecule has 0 aliphatic rings. The van der Waals surface area contributed by atoms with E-state index in [0.717, 1.165) is 16.9 Å². The maximum absolute atomic E-state index is 13.0. The SMILES string of the molecule is COc1ccc(-c2noc(CN(C(=O)[C@@H](C)Oc3cccc(C)c3)C(C)C)n2)cc1. The van der Waals surface area contributed by atoms with Gasteiger partial charge in [-0.3, -0.25) is 4.79 Å². The fourth-order valence-corrected chi connectivity index (χ4v) is 3.01. The average molecular weight is 409 g/mol. The number of nitrogens with zero attached hydrogens (tertiary/aromatic N) is 3. The van der Waals surface area contributed by atoms with Gasteiger partial charge in [-0.1, -0.05) is 17.3 Å². The van der Waals surface area contributed by atoms with E-state index in [2.05, 4.69) is 10.1 Å². The second-order valence-electron chi connectivity index (χ2n) is 7.38. The molecule has 7 heteroatoms. The van der Waals surface area contributed by atoms with Gasteiger partial charge in [-0.25, -0.2) is 0 Å². The zero-order valence-corrected chi connectivity index (χ0v) is 18.0. The molecule has 0 spiro atoms. The van der Waals surface area contributed by atoms with Gasteiger partial charge < -0.3 is 18.9 Å². The van der Waals surface area contributed by atoms with E-state index in [0.29, 0.717) is 17.5 Å². The highest BCUT2D eigenvalue weighted by molar-refractivity contribution is 5.81. The van der Waals surface area contributed by atoms with E-state index < -0.39 is 6.10 Å². The standard InChI is InChI=1S/C23H27N3O4/c1-15(2)26(23(27)17(4)29-20-8-6-7-16(3)13-20)14-21-24-22(25-30-21)18-9-11-19(28-5)12-10-18/h6-13,15,17H,14H2,1-5H3/t17-/m1/s1. The van der Waals surface area contributed by atoms with Gasteiger partial charge in [0.1, 0.15) is 18.0 Å². The van der Waals surface area contributed by atoms with Crippen LogP contribution in [0.25, 0.3) is 11.4 Å². The van der Waals surface area contributed by atoms with Gasteiger partial charge in [0.25, 0.3) is 5.91 Å². The predicted octanol–water partition coefficient (Wildman–Crippen LogP) is 4.26. The van der Waals surface area contributed by atoms with Crippen molar-refractivity contribution in [3.63, 3.8) is 0 Å². The Kier molecular flexibility index (Phi) is 6.72. The lowest BCUT2D eigenvalue weighted by Gasteiger charge is -2.28. The Hall–Kier alpha value is -3.35. The van der Waals surface area contributed by atoms with Crippen molar-refractivity contribution in [1.82, 2.24) is 15.0 Å². The van der Waals surface area contributed by atoms with E-state index in [1.54, 1.807) is 18.9 Å². The molecule has 3 aromatic rings. The van der Waals surface area contributed by atoms with Crippen molar-refractivity contribution in [3.8, 4) is 22.9 Å². The lowest BCUT2D eigenvalue weighted by Crippen LogP contribution is -2.43. The molecule has 0 bridgehead atoms. The highest BCUT2D eigenvalue weighted by Gasteiger charge is 2.26. The molecular weight excluding hydrogens is 382 g/mol. The molecule has 1 amide bonds. The van der Waals surface area contributed by atoms with E-state index >= 15 is 0 Å². The van der Waals surface area contributed by atoms with E-state index in [1.165, 1.54) is 0 Å². The number of amides is 1. The first-order valence-electron chi connectivity index (χ1n) is 9.88. The molecule has 0 fully saturated rings. The molecule has 0 N–H and O–H groups in total. The van der Waals surface area contributed by atoms with Crippen LogP contribution in [0.4, 0.5) is 0 Å². The first-order valence-corrected chi connectivity index (χ1v) is 9.88. The fraction of sp³-hybridized carbons (Fsp3) is 0.348. The van der Waals surface area contributed by atoms with E-state index in [4.69, 9.17) is 14.0 Å². The lowest BCUT2D eigenvalue weighted by molar-refractivity contribution is -0.140. The third-order valence-electron chi connectivity index (χ3n) is 4.68. The molecule has 0 radical (unpaired) electrons. The summed E-state index contributed by atoms with van der Waals surface area (Å²) < 4.78 is 16.4. The smallest absolute Gasteiger partial charge is 0.264 e. The minimum atomic E-state index is -0.641. The zero-order valence-electron chi connectivity index (χ0n) is 18.0. The summed E-state index contributed by atoms with van der Waals surface area (Å²) in [6.07, 6.45) is -0.641. The first kappa shape index (κ1) is 21.4. The monoisotopic (exact) mass is 409 g/mol. The van der Waals surface area contributed by atoms with Gasteiger partial charge in [0, 0.05) is 11.6 Å². The molecule has 1 aromatic heterocycles. The molecule has 3 rings (SSSR count). The number of carbonyl (C=O) groups excluding carboxylic acids is 1. The van der Waals surface area contributed by atoms with Gasteiger partial charge in [-0.05, 0) is 69.7 Å². The summed E-state index contributed by atoms with van der Waals surface area (Å²) in [6, 6.07) is 15.0. The Bertz CT molecular complexity index is 982. The van der Waals surface area contributed by atoms with Crippen LogP contribution in [-0.4, -0.2) is 40.2 Å². The molecule has 158 valence electrons. The Labute approximate surface area is 176 Å². The second-order valence-corrected chi connectivity index (χ2v) is 7.38. The van der Waals surface area contributed by atoms with Crippen molar-refractivity contribution in [3.05, 3.63) is 60.0 Å². The van der Waals surface area contributed by atoms with Crippen LogP contribution in [0.5, 0.6) is 11.5 Å². The first-order chi connectivity index (χ1) is 14.4. The highest BCUT2D eigenvalue weighted by Crippen LogP contribution is 2.21. The molecule has 1 atom stereocenters. The summed E-state index contributed by atoms with van der Waals surface area (Å²) in [6.45, 7) is 7.82. The number of aromatic nitrogens is 2. The summed E-state index contributed by atoms with van der Waals surface area (Å²) in [4.78, 5) is 19.1. The quantitative estimate of drug-likeness (QED) is 0.553. The van der Waals surface area contributed by atoms with E-state index in [1.807, 2.05) is 69.3 Å². The number of hydrogen-bond donors (Lipinski definition) is 0. The number of aryl methyl sites for hydroxylation is 1. The third kappa shape index (κ3) is 5.17. The largest absolute Gasteiger partial charge is 0.497 e. The van der Waals surface area contributed by atoms with E-state index in [-0.39, 0.29) is 18.5 Å². The van der Waals surface area contributed by atoms with Crippen LogP contribution in [0.2, 0.25) is 0 Å². The zero-order chi connectivity index (χ0) is 21.7. The summed E-state index contributed by atoms with van der Waals surface area (Å²) in [7, 11) is 1.61. The van der Waals surface area contributed by atoms with Gasteiger partial charge in [0.15, 0.2) is 6.10 Å². The molecule has 2 aromatic carbocycles. The molecule has 0 unspecified atom stereocenters. The second kappa shape index (κ2) is 9.43. The minimum absolute atomic E-state index is 0.0580. The molecule has 0 saturated carbocycles. The molecule has 7 nitrogen and oxygen atoms in total. The van der Waals surface area contributed by atoms with Crippen LogP contribution < -0.4 is 9.47 Å². The van der Waals surface area contributed by atoms with Crippen molar-refractivity contribution < 1.29 is 18.8 Å². The maximum Gasteiger partial charge on any atom is 0.264 e. The summed E-state index contributed by atoms with van der Waals surface area (Å²) in [5.74, 6) is 2.11. The third-order valence-corrected chi connectivity index (χ3v) is 4.68. The lowest BCUT2D eigenvalue weighted by atomic mass is 10.2. The number of benzene rings is 2. The summed E-state index contributed by atoms with van der Waals surface area (Å²) in [5, 5.41) is 4.04. The molecule has 0 aliphatic heterocycles. The molecule has 30 heavy (non-hydrogen) atoms. The van der Waals surface area contributed by atoms with Crippen molar-refractivity contribution in [1.29, 1.82) is 0 Å². The Morgan fingerprint density at radius 1 is 1.10 bits per heavy atom. The number of methoxy groups -OCH3 is 1. The molecular formula is C23H27N3O4. The van der Waals surface area contributed by atoms with Crippen LogP contribution in [0.15, 0.2) is 53.1 Å². The van der Waals surface area contributed by atoms with Gasteiger partial charge in [0.2, 0.25) is 11.7 Å². The molecule has 0 aliphatic carbocycles. The average Bonchev–Trinajstić information content (AvgIpc) is 3.20. The van der Waals surface area contributed by atoms with Crippen LogP contribution in [0, 0.1) is 6.92 Å². The van der Waals surface area contributed by atoms with Crippen molar-refractivity contribution >= 4 is 5.91 Å². The van der Waals surface area contributed by atoms with Crippen LogP contribution >= 0.6 is 0 Å². The van der Waals surface area contributed by atoms with Crippen LogP contribution in [0.1, 0.15) is 32.2 Å². The highest BCUT2D eigenvalue weighted by atomic mass is 16.5. The summed E-state index contributed by atoms with van der Waals surface area (Å²) >= 11 is 0. The van der Waals surface area contributed by atoms with Gasteiger partial charge in [-0.15, -0.1) is 0 Å². The predicted molar refractivity (Wildman–Crippen MR) is 113 cm³/mol. The van der Waals surface area contributed by atoms with Gasteiger partial charge in [0.05, 0.1) is 7.11 Å². The molecule has 0 saturated heterocycles. The number of carbonyl (C=O) groups is 1. The number of hydrogen-bond acceptors (Lipinski definition) is 6. The van der Waals surface area contributed by atoms with Gasteiger partial charge >= 0.3 is 0 Å². The van der Waals surface area contributed by atoms with Crippen molar-refractivity contribution in [2.45, 2.75) is 46.4 Å². The van der Waals surface area contributed by atoms with E-state index in [9.17, 15) is 4.79 Å². The normalized spacial score (nSPS) is 11.9. The van der Waals surface area contributed by atoms with Crippen molar-refractivity contribution in [2.75, 3.05) is 7.11 Å². The number of ether oxygens (including phenoxy) is 2. The Morgan fingerprint density at radius 3 is 2.47 bits per heavy atom. The fourth-order valence-electron chi connectivity index (χ4n) is 3.01. The summed E-state index contributed by atoms with van der Waals surface area (Å²) in [5.41, 5.74) is 1.88. The molecule has 1 heterocycles.